The second-order valence-corrected chi connectivity index (χ2v) is 6.96. The fourth-order valence-electron chi connectivity index (χ4n) is 3.19. The standard InChI is InChI=1S/C22H18N4O5/c1-13-8-24-20-6-4-15(11-26(20)22(13)27)30-16-7-18-21(25-10-16)31-19(12-29-18)17-5-3-14(28-2)9-23-17/h3-11,19H,12H2,1-2H3/t19-/m0/s1. The Kier molecular flexibility index (Phi) is 4.62. The van der Waals surface area contributed by atoms with E-state index in [4.69, 9.17) is 18.9 Å². The third-order valence-corrected chi connectivity index (χ3v) is 4.84. The molecule has 4 aromatic rings. The monoisotopic (exact) mass is 418 g/mol. The average Bonchev–Trinajstić information content (AvgIpc) is 2.81. The van der Waals surface area contributed by atoms with E-state index in [-0.39, 0.29) is 18.3 Å². The minimum absolute atomic E-state index is 0.145. The van der Waals surface area contributed by atoms with Gasteiger partial charge >= 0.3 is 0 Å². The zero-order valence-corrected chi connectivity index (χ0v) is 16.8. The molecular formula is C22H18N4O5. The fraction of sp³-hybridized carbons (Fsp3) is 0.182. The summed E-state index contributed by atoms with van der Waals surface area (Å²) in [6, 6.07) is 8.79. The summed E-state index contributed by atoms with van der Waals surface area (Å²) in [6.45, 7) is 2.00. The van der Waals surface area contributed by atoms with E-state index < -0.39 is 0 Å². The van der Waals surface area contributed by atoms with Crippen molar-refractivity contribution in [3.63, 3.8) is 0 Å². The van der Waals surface area contributed by atoms with Crippen molar-refractivity contribution >= 4 is 5.65 Å². The van der Waals surface area contributed by atoms with Gasteiger partial charge in [0.1, 0.15) is 29.5 Å². The minimum atomic E-state index is -0.374. The van der Waals surface area contributed by atoms with Crippen LogP contribution in [0.15, 0.2) is 59.9 Å². The molecule has 0 saturated carbocycles. The summed E-state index contributed by atoms with van der Waals surface area (Å²) in [7, 11) is 1.59. The zero-order chi connectivity index (χ0) is 21.4. The first-order chi connectivity index (χ1) is 15.1. The predicted octanol–water partition coefficient (Wildman–Crippen LogP) is 3.11. The molecule has 156 valence electrons. The maximum Gasteiger partial charge on any atom is 0.260 e. The molecule has 0 amide bonds. The molecule has 0 saturated heterocycles. The third-order valence-electron chi connectivity index (χ3n) is 4.84. The first kappa shape index (κ1) is 18.9. The Hall–Kier alpha value is -4.14. The van der Waals surface area contributed by atoms with Gasteiger partial charge in [0.15, 0.2) is 11.9 Å². The molecule has 0 aromatic carbocycles. The van der Waals surface area contributed by atoms with Gasteiger partial charge in [-0.15, -0.1) is 0 Å². The highest BCUT2D eigenvalue weighted by Gasteiger charge is 2.25. The lowest BCUT2D eigenvalue weighted by molar-refractivity contribution is 0.0817. The van der Waals surface area contributed by atoms with Crippen LogP contribution in [0.25, 0.3) is 5.65 Å². The van der Waals surface area contributed by atoms with Gasteiger partial charge in [0, 0.05) is 17.8 Å². The number of aromatic nitrogens is 4. The summed E-state index contributed by atoms with van der Waals surface area (Å²) < 4.78 is 24.2. The normalized spacial score (nSPS) is 15.0. The highest BCUT2D eigenvalue weighted by molar-refractivity contribution is 5.45. The van der Waals surface area contributed by atoms with E-state index in [1.165, 1.54) is 10.6 Å². The van der Waals surface area contributed by atoms with Crippen molar-refractivity contribution in [3.8, 4) is 28.9 Å². The molecule has 0 bridgehead atoms. The lowest BCUT2D eigenvalue weighted by Crippen LogP contribution is -2.23. The van der Waals surface area contributed by atoms with Gasteiger partial charge in [-0.2, -0.15) is 0 Å². The number of hydrogen-bond donors (Lipinski definition) is 0. The highest BCUT2D eigenvalue weighted by Crippen LogP contribution is 2.37. The number of hydrogen-bond acceptors (Lipinski definition) is 8. The van der Waals surface area contributed by atoms with Crippen LogP contribution in [0.5, 0.6) is 28.9 Å². The van der Waals surface area contributed by atoms with Gasteiger partial charge < -0.3 is 18.9 Å². The molecule has 0 spiro atoms. The SMILES string of the molecule is COc1ccc([C@@H]2COc3cc(Oc4ccc5ncc(C)c(=O)n5c4)cnc3O2)nc1. The second-order valence-electron chi connectivity index (χ2n) is 6.96. The Morgan fingerprint density at radius 3 is 2.68 bits per heavy atom. The van der Waals surface area contributed by atoms with Crippen molar-refractivity contribution in [1.29, 1.82) is 0 Å². The quantitative estimate of drug-likeness (QED) is 0.499. The molecule has 0 radical (unpaired) electrons. The molecule has 0 aliphatic carbocycles. The van der Waals surface area contributed by atoms with E-state index in [9.17, 15) is 4.79 Å². The Labute approximate surface area is 176 Å². The lowest BCUT2D eigenvalue weighted by Gasteiger charge is -2.25. The van der Waals surface area contributed by atoms with Crippen LogP contribution in [0, 0.1) is 6.92 Å². The Bertz CT molecular complexity index is 1320. The topological polar surface area (TPSA) is 97.1 Å². The van der Waals surface area contributed by atoms with E-state index in [1.807, 2.05) is 12.1 Å². The van der Waals surface area contributed by atoms with Gasteiger partial charge in [-0.3, -0.25) is 14.2 Å². The van der Waals surface area contributed by atoms with E-state index in [0.717, 1.165) is 5.69 Å². The smallest absolute Gasteiger partial charge is 0.260 e. The van der Waals surface area contributed by atoms with Gasteiger partial charge in [-0.1, -0.05) is 0 Å². The minimum Gasteiger partial charge on any atom is -0.495 e. The Balaban J connectivity index is 1.36. The van der Waals surface area contributed by atoms with Crippen LogP contribution in [-0.2, 0) is 0 Å². The van der Waals surface area contributed by atoms with Crippen molar-refractivity contribution in [1.82, 2.24) is 19.4 Å². The number of rotatable bonds is 4. The summed E-state index contributed by atoms with van der Waals surface area (Å²) >= 11 is 0. The molecule has 31 heavy (non-hydrogen) atoms. The van der Waals surface area contributed by atoms with Crippen LogP contribution < -0.4 is 24.5 Å². The van der Waals surface area contributed by atoms with Crippen molar-refractivity contribution in [3.05, 3.63) is 76.7 Å². The van der Waals surface area contributed by atoms with E-state index in [1.54, 1.807) is 50.8 Å². The van der Waals surface area contributed by atoms with Crippen LogP contribution in [0.4, 0.5) is 0 Å². The summed E-state index contributed by atoms with van der Waals surface area (Å²) in [5.74, 6) is 2.42. The van der Waals surface area contributed by atoms with Crippen LogP contribution in [0.3, 0.4) is 0 Å². The van der Waals surface area contributed by atoms with Gasteiger partial charge in [0.25, 0.3) is 11.4 Å². The number of pyridine rings is 3. The molecule has 1 aliphatic rings. The molecule has 0 fully saturated rings. The number of fused-ring (bicyclic) bond motifs is 2. The first-order valence-electron chi connectivity index (χ1n) is 9.56. The van der Waals surface area contributed by atoms with Gasteiger partial charge in [-0.05, 0) is 31.2 Å². The maximum absolute atomic E-state index is 12.3. The number of aryl methyl sites for hydroxylation is 1. The van der Waals surface area contributed by atoms with Crippen molar-refractivity contribution in [2.45, 2.75) is 13.0 Å². The molecule has 1 atom stereocenters. The molecule has 0 N–H and O–H groups in total. The summed E-state index contributed by atoms with van der Waals surface area (Å²) in [4.78, 5) is 25.2. The van der Waals surface area contributed by atoms with Crippen molar-refractivity contribution in [2.24, 2.45) is 0 Å². The summed E-state index contributed by atoms with van der Waals surface area (Å²) in [6.07, 6.45) is 5.94. The third kappa shape index (κ3) is 3.61. The lowest BCUT2D eigenvalue weighted by atomic mass is 10.2. The van der Waals surface area contributed by atoms with Crippen molar-refractivity contribution in [2.75, 3.05) is 13.7 Å². The molecule has 9 heteroatoms. The number of methoxy groups -OCH3 is 1. The maximum atomic E-state index is 12.3. The summed E-state index contributed by atoms with van der Waals surface area (Å²) in [5.41, 5.74) is 1.67. The molecule has 5 heterocycles. The van der Waals surface area contributed by atoms with Crippen LogP contribution >= 0.6 is 0 Å². The second kappa shape index (κ2) is 7.60. The molecule has 0 unspecified atom stereocenters. The van der Waals surface area contributed by atoms with Crippen LogP contribution in [-0.4, -0.2) is 33.1 Å². The average molecular weight is 418 g/mol. The highest BCUT2D eigenvalue weighted by atomic mass is 16.6. The number of ether oxygens (including phenoxy) is 4. The zero-order valence-electron chi connectivity index (χ0n) is 16.8. The molecule has 5 rings (SSSR count). The molecule has 4 aromatic heterocycles. The van der Waals surface area contributed by atoms with E-state index in [0.29, 0.717) is 40.1 Å². The van der Waals surface area contributed by atoms with E-state index >= 15 is 0 Å². The van der Waals surface area contributed by atoms with Crippen LogP contribution in [0.2, 0.25) is 0 Å². The molecule has 1 aliphatic heterocycles. The summed E-state index contributed by atoms with van der Waals surface area (Å²) in [5, 5.41) is 0. The molecular weight excluding hydrogens is 400 g/mol. The Morgan fingerprint density at radius 1 is 1.03 bits per heavy atom. The molecule has 9 nitrogen and oxygen atoms in total. The van der Waals surface area contributed by atoms with Gasteiger partial charge in [0.2, 0.25) is 0 Å². The fourth-order valence-corrected chi connectivity index (χ4v) is 3.19. The first-order valence-corrected chi connectivity index (χ1v) is 9.56. The van der Waals surface area contributed by atoms with Crippen LogP contribution in [0.1, 0.15) is 17.4 Å². The Morgan fingerprint density at radius 2 is 1.87 bits per heavy atom. The van der Waals surface area contributed by atoms with E-state index in [2.05, 4.69) is 15.0 Å². The van der Waals surface area contributed by atoms with Crippen molar-refractivity contribution < 1.29 is 18.9 Å². The largest absolute Gasteiger partial charge is 0.495 e. The van der Waals surface area contributed by atoms with Gasteiger partial charge in [-0.25, -0.2) is 9.97 Å². The van der Waals surface area contributed by atoms with Gasteiger partial charge in [0.05, 0.1) is 31.4 Å². The number of nitrogens with zero attached hydrogens (tertiary/aromatic N) is 4. The predicted molar refractivity (Wildman–Crippen MR) is 110 cm³/mol.